The smallest absolute Gasteiger partial charge is 0.322 e. The molecule has 0 aliphatic rings. The molecular weight excluding hydrogens is 470 g/mol. The lowest BCUT2D eigenvalue weighted by Gasteiger charge is -2.24. The predicted octanol–water partition coefficient (Wildman–Crippen LogP) is 0.119. The Morgan fingerprint density at radius 2 is 1.61 bits per heavy atom. The van der Waals surface area contributed by atoms with Crippen LogP contribution < -0.4 is 21.7 Å². The SMILES string of the molecule is CC(C)CC(N)C(=O)NC(Cc1c[nH]c2ccccc12)C(=O)NC(CCC(=O)O)C(=O)NCC(=O)O. The van der Waals surface area contributed by atoms with Crippen LogP contribution in [0.25, 0.3) is 10.9 Å². The third-order valence-corrected chi connectivity index (χ3v) is 5.49. The van der Waals surface area contributed by atoms with E-state index in [1.54, 1.807) is 6.20 Å². The number of para-hydroxylation sites is 1. The van der Waals surface area contributed by atoms with E-state index >= 15 is 0 Å². The molecule has 1 aromatic carbocycles. The largest absolute Gasteiger partial charge is 0.481 e. The molecular formula is C24H33N5O7. The molecule has 0 bridgehead atoms. The van der Waals surface area contributed by atoms with E-state index in [0.29, 0.717) is 6.42 Å². The number of carbonyl (C=O) groups excluding carboxylic acids is 3. The van der Waals surface area contributed by atoms with Crippen LogP contribution in [0.4, 0.5) is 0 Å². The van der Waals surface area contributed by atoms with Crippen molar-refractivity contribution in [2.75, 3.05) is 6.54 Å². The number of fused-ring (bicyclic) bond motifs is 1. The van der Waals surface area contributed by atoms with Gasteiger partial charge in [-0.3, -0.25) is 24.0 Å². The fourth-order valence-electron chi connectivity index (χ4n) is 3.72. The summed E-state index contributed by atoms with van der Waals surface area (Å²) >= 11 is 0. The average Bonchev–Trinajstić information content (AvgIpc) is 3.21. The normalized spacial score (nSPS) is 13.6. The number of amides is 3. The van der Waals surface area contributed by atoms with Crippen LogP contribution in [0.2, 0.25) is 0 Å². The number of hydrogen-bond donors (Lipinski definition) is 7. The number of nitrogens with one attached hydrogen (secondary N) is 4. The van der Waals surface area contributed by atoms with E-state index in [0.717, 1.165) is 16.5 Å². The number of aromatic nitrogens is 1. The van der Waals surface area contributed by atoms with E-state index in [9.17, 15) is 24.0 Å². The van der Waals surface area contributed by atoms with Gasteiger partial charge in [-0.05, 0) is 30.4 Å². The first-order valence-corrected chi connectivity index (χ1v) is 11.6. The lowest BCUT2D eigenvalue weighted by molar-refractivity contribution is -0.140. The Hall–Kier alpha value is -3.93. The van der Waals surface area contributed by atoms with Crippen molar-refractivity contribution in [3.8, 4) is 0 Å². The van der Waals surface area contributed by atoms with Gasteiger partial charge in [0.05, 0.1) is 6.04 Å². The Balaban J connectivity index is 2.27. The van der Waals surface area contributed by atoms with Gasteiger partial charge in [0, 0.05) is 29.9 Å². The topological polar surface area (TPSA) is 204 Å². The molecule has 0 aliphatic carbocycles. The number of benzene rings is 1. The van der Waals surface area contributed by atoms with Crippen LogP contribution in [0.5, 0.6) is 0 Å². The molecule has 12 nitrogen and oxygen atoms in total. The highest BCUT2D eigenvalue weighted by atomic mass is 16.4. The third-order valence-electron chi connectivity index (χ3n) is 5.49. The fraction of sp³-hybridized carbons (Fsp3) is 0.458. The van der Waals surface area contributed by atoms with E-state index in [2.05, 4.69) is 20.9 Å². The second-order valence-electron chi connectivity index (χ2n) is 8.97. The molecule has 0 saturated carbocycles. The number of carboxylic acid groups (broad SMARTS) is 2. The molecule has 0 spiro atoms. The van der Waals surface area contributed by atoms with Gasteiger partial charge in [-0.15, -0.1) is 0 Å². The predicted molar refractivity (Wildman–Crippen MR) is 131 cm³/mol. The summed E-state index contributed by atoms with van der Waals surface area (Å²) < 4.78 is 0. The van der Waals surface area contributed by atoms with Crippen LogP contribution in [0.15, 0.2) is 30.5 Å². The molecule has 36 heavy (non-hydrogen) atoms. The number of aliphatic carboxylic acids is 2. The summed E-state index contributed by atoms with van der Waals surface area (Å²) in [6.45, 7) is 3.12. The van der Waals surface area contributed by atoms with Gasteiger partial charge in [0.2, 0.25) is 17.7 Å². The number of carboxylic acids is 2. The van der Waals surface area contributed by atoms with Gasteiger partial charge in [-0.2, -0.15) is 0 Å². The van der Waals surface area contributed by atoms with Crippen molar-refractivity contribution in [1.82, 2.24) is 20.9 Å². The zero-order valence-electron chi connectivity index (χ0n) is 20.2. The summed E-state index contributed by atoms with van der Waals surface area (Å²) in [6, 6.07) is 4.10. The highest BCUT2D eigenvalue weighted by molar-refractivity contribution is 5.94. The Kier molecular flexibility index (Phi) is 10.4. The summed E-state index contributed by atoms with van der Waals surface area (Å²) in [5, 5.41) is 25.9. The molecule has 0 saturated heterocycles. The van der Waals surface area contributed by atoms with E-state index in [4.69, 9.17) is 15.9 Å². The quantitative estimate of drug-likeness (QED) is 0.188. The number of carbonyl (C=O) groups is 5. The number of nitrogens with two attached hydrogens (primary N) is 1. The van der Waals surface area contributed by atoms with Crippen LogP contribution in [0.1, 0.15) is 38.7 Å². The maximum Gasteiger partial charge on any atom is 0.322 e. The molecule has 12 heteroatoms. The summed E-state index contributed by atoms with van der Waals surface area (Å²) in [5.74, 6) is -4.46. The Bertz CT molecular complexity index is 1100. The number of aromatic amines is 1. The molecule has 3 unspecified atom stereocenters. The standard InChI is InChI=1S/C24H33N5O7/c1-13(2)9-16(25)22(34)29-19(10-14-11-26-17-6-4-3-5-15(14)17)24(36)28-18(7-8-20(30)31)23(35)27-12-21(32)33/h3-6,11,13,16,18-19,26H,7-10,12,25H2,1-2H3,(H,27,35)(H,28,36)(H,29,34)(H,30,31)(H,32,33). The van der Waals surface area contributed by atoms with Crippen molar-refractivity contribution >= 4 is 40.6 Å². The lowest BCUT2D eigenvalue weighted by atomic mass is 10.0. The Morgan fingerprint density at radius 1 is 0.944 bits per heavy atom. The minimum absolute atomic E-state index is 0.0678. The molecule has 2 rings (SSSR count). The molecule has 196 valence electrons. The summed E-state index contributed by atoms with van der Waals surface area (Å²) in [4.78, 5) is 63.4. The molecule has 3 amide bonds. The highest BCUT2D eigenvalue weighted by Crippen LogP contribution is 2.19. The third kappa shape index (κ3) is 8.69. The van der Waals surface area contributed by atoms with E-state index in [1.807, 2.05) is 38.1 Å². The second kappa shape index (κ2) is 13.2. The molecule has 0 radical (unpaired) electrons. The summed E-state index contributed by atoms with van der Waals surface area (Å²) in [7, 11) is 0. The number of rotatable bonds is 14. The molecule has 3 atom stereocenters. The lowest BCUT2D eigenvalue weighted by Crippen LogP contribution is -2.56. The molecule has 2 aromatic rings. The fourth-order valence-corrected chi connectivity index (χ4v) is 3.72. The minimum atomic E-state index is -1.32. The maximum atomic E-state index is 13.3. The zero-order chi connectivity index (χ0) is 26.8. The molecule has 8 N–H and O–H groups in total. The summed E-state index contributed by atoms with van der Waals surface area (Å²) in [5.41, 5.74) is 7.57. The highest BCUT2D eigenvalue weighted by Gasteiger charge is 2.29. The van der Waals surface area contributed by atoms with Crippen LogP contribution >= 0.6 is 0 Å². The first-order chi connectivity index (χ1) is 17.0. The van der Waals surface area contributed by atoms with Crippen LogP contribution in [0, 0.1) is 5.92 Å². The number of hydrogen-bond acceptors (Lipinski definition) is 6. The zero-order valence-corrected chi connectivity index (χ0v) is 20.2. The van der Waals surface area contributed by atoms with Crippen LogP contribution in [0.3, 0.4) is 0 Å². The first-order valence-electron chi connectivity index (χ1n) is 11.6. The minimum Gasteiger partial charge on any atom is -0.481 e. The van der Waals surface area contributed by atoms with Crippen LogP contribution in [-0.2, 0) is 30.4 Å². The second-order valence-corrected chi connectivity index (χ2v) is 8.97. The Morgan fingerprint density at radius 3 is 2.25 bits per heavy atom. The van der Waals surface area contributed by atoms with Crippen molar-refractivity contribution in [3.63, 3.8) is 0 Å². The van der Waals surface area contributed by atoms with E-state index in [1.165, 1.54) is 0 Å². The van der Waals surface area contributed by atoms with Gasteiger partial charge in [-0.25, -0.2) is 0 Å². The van der Waals surface area contributed by atoms with Crippen LogP contribution in [-0.4, -0.2) is 69.5 Å². The van der Waals surface area contributed by atoms with Gasteiger partial charge in [-0.1, -0.05) is 32.0 Å². The van der Waals surface area contributed by atoms with E-state index in [-0.39, 0.29) is 18.8 Å². The average molecular weight is 504 g/mol. The van der Waals surface area contributed by atoms with Crippen molar-refractivity contribution in [2.45, 2.75) is 57.7 Å². The summed E-state index contributed by atoms with van der Waals surface area (Å²) in [6.07, 6.45) is 1.47. The molecule has 1 heterocycles. The van der Waals surface area contributed by atoms with Gasteiger partial charge < -0.3 is 36.9 Å². The van der Waals surface area contributed by atoms with Gasteiger partial charge in [0.25, 0.3) is 0 Å². The molecule has 1 aromatic heterocycles. The van der Waals surface area contributed by atoms with Gasteiger partial charge >= 0.3 is 11.9 Å². The number of H-pyrrole nitrogens is 1. The van der Waals surface area contributed by atoms with Crippen molar-refractivity contribution < 1.29 is 34.2 Å². The van der Waals surface area contributed by atoms with Crippen molar-refractivity contribution in [1.29, 1.82) is 0 Å². The van der Waals surface area contributed by atoms with E-state index < -0.39 is 60.8 Å². The monoisotopic (exact) mass is 503 g/mol. The maximum absolute atomic E-state index is 13.3. The van der Waals surface area contributed by atoms with Crippen molar-refractivity contribution in [2.24, 2.45) is 11.7 Å². The van der Waals surface area contributed by atoms with Crippen molar-refractivity contribution in [3.05, 3.63) is 36.0 Å². The first kappa shape index (κ1) is 28.3. The molecule has 0 aliphatic heterocycles. The molecule has 0 fully saturated rings. The van der Waals surface area contributed by atoms with Gasteiger partial charge in [0.1, 0.15) is 18.6 Å². The van der Waals surface area contributed by atoms with Gasteiger partial charge in [0.15, 0.2) is 0 Å². The Labute approximate surface area is 208 Å².